The Kier molecular flexibility index (Phi) is 5.19. The lowest BCUT2D eigenvalue weighted by Gasteiger charge is -2.33. The molecule has 9 heteroatoms. The summed E-state index contributed by atoms with van der Waals surface area (Å²) in [4.78, 5) is 30.3. The first-order valence-corrected chi connectivity index (χ1v) is 8.54. The molecule has 2 fully saturated rings. The molecule has 2 saturated heterocycles. The van der Waals surface area contributed by atoms with Crippen molar-refractivity contribution < 1.29 is 18.4 Å². The Labute approximate surface area is 148 Å². The van der Waals surface area contributed by atoms with Crippen molar-refractivity contribution in [2.24, 2.45) is 5.92 Å². The van der Waals surface area contributed by atoms with E-state index in [2.05, 4.69) is 15.6 Å². The SMILES string of the molecule is O=C(Nc1ccc(Cl)cn1)C1CCCN(C(=O)C2CC(F)(F)CN2)C1. The van der Waals surface area contributed by atoms with Gasteiger partial charge in [-0.2, -0.15) is 0 Å². The molecular formula is C16H19ClF2N4O2. The molecule has 0 bridgehead atoms. The molecular weight excluding hydrogens is 354 g/mol. The zero-order valence-electron chi connectivity index (χ0n) is 13.5. The monoisotopic (exact) mass is 372 g/mol. The maximum atomic E-state index is 13.3. The van der Waals surface area contributed by atoms with Gasteiger partial charge in [-0.05, 0) is 25.0 Å². The summed E-state index contributed by atoms with van der Waals surface area (Å²) >= 11 is 5.75. The number of alkyl halides is 2. The van der Waals surface area contributed by atoms with Crippen molar-refractivity contribution in [3.05, 3.63) is 23.4 Å². The van der Waals surface area contributed by atoms with Crippen molar-refractivity contribution in [1.29, 1.82) is 0 Å². The zero-order chi connectivity index (χ0) is 18.0. The highest BCUT2D eigenvalue weighted by atomic mass is 35.5. The molecule has 2 N–H and O–H groups in total. The molecule has 2 aliphatic heterocycles. The molecule has 2 atom stereocenters. The first-order chi connectivity index (χ1) is 11.8. The lowest BCUT2D eigenvalue weighted by molar-refractivity contribution is -0.136. The number of amides is 2. The van der Waals surface area contributed by atoms with Crippen LogP contribution in [0.2, 0.25) is 5.02 Å². The topological polar surface area (TPSA) is 74.3 Å². The van der Waals surface area contributed by atoms with Gasteiger partial charge in [-0.3, -0.25) is 14.9 Å². The summed E-state index contributed by atoms with van der Waals surface area (Å²) < 4.78 is 26.6. The molecule has 0 aliphatic carbocycles. The van der Waals surface area contributed by atoms with Crippen molar-refractivity contribution in [2.45, 2.75) is 31.2 Å². The van der Waals surface area contributed by atoms with Gasteiger partial charge in [0.25, 0.3) is 5.92 Å². The van der Waals surface area contributed by atoms with Crippen LogP contribution in [0.15, 0.2) is 18.3 Å². The highest BCUT2D eigenvalue weighted by Crippen LogP contribution is 2.27. The van der Waals surface area contributed by atoms with Gasteiger partial charge in [0.2, 0.25) is 11.8 Å². The van der Waals surface area contributed by atoms with E-state index < -0.39 is 30.8 Å². The van der Waals surface area contributed by atoms with Gasteiger partial charge in [0.05, 0.1) is 23.5 Å². The van der Waals surface area contributed by atoms with Gasteiger partial charge in [0.15, 0.2) is 0 Å². The Bertz CT molecular complexity index is 656. The maximum absolute atomic E-state index is 13.3. The minimum atomic E-state index is -2.85. The molecule has 2 aliphatic rings. The average Bonchev–Trinajstić information content (AvgIpc) is 2.96. The third-order valence-electron chi connectivity index (χ3n) is 4.49. The van der Waals surface area contributed by atoms with Crippen LogP contribution in [-0.2, 0) is 9.59 Å². The molecule has 25 heavy (non-hydrogen) atoms. The van der Waals surface area contributed by atoms with Crippen molar-refractivity contribution >= 4 is 29.2 Å². The zero-order valence-corrected chi connectivity index (χ0v) is 14.2. The van der Waals surface area contributed by atoms with E-state index in [1.54, 1.807) is 12.1 Å². The molecule has 0 saturated carbocycles. The Morgan fingerprint density at radius 3 is 2.84 bits per heavy atom. The van der Waals surface area contributed by atoms with Crippen LogP contribution in [0, 0.1) is 5.92 Å². The number of rotatable bonds is 3. The van der Waals surface area contributed by atoms with Crippen LogP contribution in [0.1, 0.15) is 19.3 Å². The lowest BCUT2D eigenvalue weighted by atomic mass is 9.96. The van der Waals surface area contributed by atoms with Crippen LogP contribution >= 0.6 is 11.6 Å². The lowest BCUT2D eigenvalue weighted by Crippen LogP contribution is -2.49. The summed E-state index contributed by atoms with van der Waals surface area (Å²) in [5, 5.41) is 5.73. The minimum absolute atomic E-state index is 0.224. The first-order valence-electron chi connectivity index (χ1n) is 8.16. The molecule has 136 valence electrons. The normalized spacial score (nSPS) is 25.6. The molecule has 0 aromatic carbocycles. The average molecular weight is 373 g/mol. The maximum Gasteiger partial charge on any atom is 0.262 e. The number of carbonyl (C=O) groups excluding carboxylic acids is 2. The molecule has 0 spiro atoms. The Hall–Kier alpha value is -1.80. The first kappa shape index (κ1) is 18.0. The summed E-state index contributed by atoms with van der Waals surface area (Å²) in [5.74, 6) is -3.46. The smallest absolute Gasteiger partial charge is 0.262 e. The van der Waals surface area contributed by atoms with E-state index >= 15 is 0 Å². The van der Waals surface area contributed by atoms with Crippen LogP contribution in [-0.4, -0.2) is 53.3 Å². The third-order valence-corrected chi connectivity index (χ3v) is 4.71. The summed E-state index contributed by atoms with van der Waals surface area (Å²) in [6.07, 6.45) is 2.23. The third kappa shape index (κ3) is 4.43. The Balaban J connectivity index is 1.58. The summed E-state index contributed by atoms with van der Waals surface area (Å²) in [6.45, 7) is 0.219. The second-order valence-electron chi connectivity index (χ2n) is 6.47. The Morgan fingerprint density at radius 2 is 2.20 bits per heavy atom. The van der Waals surface area contributed by atoms with Crippen LogP contribution < -0.4 is 10.6 Å². The fourth-order valence-electron chi connectivity index (χ4n) is 3.18. The Morgan fingerprint density at radius 1 is 1.40 bits per heavy atom. The van der Waals surface area contributed by atoms with E-state index in [9.17, 15) is 18.4 Å². The molecule has 3 rings (SSSR count). The second kappa shape index (κ2) is 7.21. The van der Waals surface area contributed by atoms with Crippen LogP contribution in [0.4, 0.5) is 14.6 Å². The van der Waals surface area contributed by atoms with Gasteiger partial charge in [-0.15, -0.1) is 0 Å². The van der Waals surface area contributed by atoms with Gasteiger partial charge in [-0.25, -0.2) is 13.8 Å². The number of likely N-dealkylation sites (tertiary alicyclic amines) is 1. The van der Waals surface area contributed by atoms with Crippen LogP contribution in [0.25, 0.3) is 0 Å². The largest absolute Gasteiger partial charge is 0.341 e. The predicted octanol–water partition coefficient (Wildman–Crippen LogP) is 1.91. The van der Waals surface area contributed by atoms with Crippen molar-refractivity contribution in [3.63, 3.8) is 0 Å². The number of nitrogens with zero attached hydrogens (tertiary/aromatic N) is 2. The van der Waals surface area contributed by atoms with Gasteiger partial charge >= 0.3 is 0 Å². The fraction of sp³-hybridized carbons (Fsp3) is 0.562. The standard InChI is InChI=1S/C16H19ClF2N4O2/c17-11-3-4-13(20-7-11)22-14(24)10-2-1-5-23(8-10)15(25)12-6-16(18,19)9-21-12/h3-4,7,10,12,21H,1-2,5-6,8-9H2,(H,20,22,24). The predicted molar refractivity (Wildman–Crippen MR) is 88.5 cm³/mol. The fourth-order valence-corrected chi connectivity index (χ4v) is 3.29. The quantitative estimate of drug-likeness (QED) is 0.850. The van der Waals surface area contributed by atoms with Gasteiger partial charge < -0.3 is 10.2 Å². The summed E-state index contributed by atoms with van der Waals surface area (Å²) in [7, 11) is 0. The van der Waals surface area contributed by atoms with Crippen molar-refractivity contribution in [2.75, 3.05) is 25.0 Å². The van der Waals surface area contributed by atoms with E-state index in [1.165, 1.54) is 11.1 Å². The van der Waals surface area contributed by atoms with E-state index in [4.69, 9.17) is 11.6 Å². The van der Waals surface area contributed by atoms with Crippen LogP contribution in [0.3, 0.4) is 0 Å². The number of piperidine rings is 1. The molecule has 3 heterocycles. The molecule has 2 unspecified atom stereocenters. The van der Waals surface area contributed by atoms with Crippen molar-refractivity contribution in [1.82, 2.24) is 15.2 Å². The number of aromatic nitrogens is 1. The van der Waals surface area contributed by atoms with Gasteiger partial charge in [-0.1, -0.05) is 11.6 Å². The number of carbonyl (C=O) groups is 2. The highest BCUT2D eigenvalue weighted by Gasteiger charge is 2.44. The summed E-state index contributed by atoms with van der Waals surface area (Å²) in [5.41, 5.74) is 0. The number of hydrogen-bond acceptors (Lipinski definition) is 4. The second-order valence-corrected chi connectivity index (χ2v) is 6.90. The number of nitrogens with one attached hydrogen (secondary N) is 2. The summed E-state index contributed by atoms with van der Waals surface area (Å²) in [6, 6.07) is 2.33. The molecule has 1 aromatic heterocycles. The van der Waals surface area contributed by atoms with E-state index in [0.29, 0.717) is 30.2 Å². The van der Waals surface area contributed by atoms with Gasteiger partial charge in [0.1, 0.15) is 5.82 Å². The number of pyridine rings is 1. The van der Waals surface area contributed by atoms with Crippen molar-refractivity contribution in [3.8, 4) is 0 Å². The number of hydrogen-bond donors (Lipinski definition) is 2. The minimum Gasteiger partial charge on any atom is -0.341 e. The van der Waals surface area contributed by atoms with Crippen LogP contribution in [0.5, 0.6) is 0 Å². The molecule has 2 amide bonds. The highest BCUT2D eigenvalue weighted by molar-refractivity contribution is 6.30. The van der Waals surface area contributed by atoms with E-state index in [0.717, 1.165) is 0 Å². The molecule has 0 radical (unpaired) electrons. The van der Waals surface area contributed by atoms with E-state index in [1.807, 2.05) is 0 Å². The number of halogens is 3. The molecule has 1 aromatic rings. The molecule has 6 nitrogen and oxygen atoms in total. The van der Waals surface area contributed by atoms with Gasteiger partial charge in [0, 0.05) is 25.7 Å². The number of anilines is 1. The van der Waals surface area contributed by atoms with E-state index in [-0.39, 0.29) is 18.4 Å².